The largest absolute Gasteiger partial charge is 0.490 e. The number of anilines is 1. The summed E-state index contributed by atoms with van der Waals surface area (Å²) >= 11 is 0. The van der Waals surface area contributed by atoms with E-state index in [0.29, 0.717) is 12.2 Å². The molecule has 2 aromatic rings. The van der Waals surface area contributed by atoms with Gasteiger partial charge >= 0.3 is 5.97 Å². The number of ether oxygens (including phenoxy) is 2. The normalized spacial score (nSPS) is 14.9. The standard InChI is InChI=1S/C23H26N2O3/c1-3-27-23(26)22(25-19-10-8-17(15-24)9-11-19)18-12-16(2)13-21(14-18)28-20-6-4-5-7-20/h8-14,20,22,25H,3-7H2,1-2H3. The van der Waals surface area contributed by atoms with Gasteiger partial charge in [-0.1, -0.05) is 6.07 Å². The quantitative estimate of drug-likeness (QED) is 0.694. The Labute approximate surface area is 166 Å². The maximum Gasteiger partial charge on any atom is 0.333 e. The Balaban J connectivity index is 1.87. The first kappa shape index (κ1) is 19.8. The molecule has 0 saturated heterocycles. The highest BCUT2D eigenvalue weighted by molar-refractivity contribution is 5.81. The zero-order valence-corrected chi connectivity index (χ0v) is 16.4. The second-order valence-corrected chi connectivity index (χ2v) is 7.12. The molecule has 5 nitrogen and oxygen atoms in total. The number of nitriles is 1. The lowest BCUT2D eigenvalue weighted by Crippen LogP contribution is -2.23. The molecule has 0 heterocycles. The number of esters is 1. The zero-order valence-electron chi connectivity index (χ0n) is 16.4. The summed E-state index contributed by atoms with van der Waals surface area (Å²) in [7, 11) is 0. The van der Waals surface area contributed by atoms with Gasteiger partial charge in [-0.25, -0.2) is 4.79 Å². The predicted octanol–water partition coefficient (Wildman–Crippen LogP) is 4.90. The Kier molecular flexibility index (Phi) is 6.54. The third kappa shape index (κ3) is 5.04. The number of nitrogens with one attached hydrogen (secondary N) is 1. The molecule has 1 aliphatic carbocycles. The lowest BCUT2D eigenvalue weighted by atomic mass is 10.0. The SMILES string of the molecule is CCOC(=O)C(Nc1ccc(C#N)cc1)c1cc(C)cc(OC2CCCC2)c1. The van der Waals surface area contributed by atoms with E-state index < -0.39 is 6.04 Å². The highest BCUT2D eigenvalue weighted by Crippen LogP contribution is 2.29. The van der Waals surface area contributed by atoms with Gasteiger partial charge in [0.1, 0.15) is 5.75 Å². The third-order valence-electron chi connectivity index (χ3n) is 4.86. The van der Waals surface area contributed by atoms with E-state index in [1.165, 1.54) is 12.8 Å². The molecule has 0 spiro atoms. The number of nitrogens with zero attached hydrogens (tertiary/aromatic N) is 1. The van der Waals surface area contributed by atoms with E-state index >= 15 is 0 Å². The third-order valence-corrected chi connectivity index (χ3v) is 4.86. The summed E-state index contributed by atoms with van der Waals surface area (Å²) in [6.07, 6.45) is 4.81. The molecule has 0 aromatic heterocycles. The average Bonchev–Trinajstić information content (AvgIpc) is 3.19. The molecule has 28 heavy (non-hydrogen) atoms. The van der Waals surface area contributed by atoms with Crippen molar-refractivity contribution in [2.45, 2.75) is 51.7 Å². The van der Waals surface area contributed by atoms with E-state index in [0.717, 1.165) is 35.4 Å². The van der Waals surface area contributed by atoms with Crippen LogP contribution in [-0.4, -0.2) is 18.7 Å². The minimum atomic E-state index is -0.654. The highest BCUT2D eigenvalue weighted by Gasteiger charge is 2.24. The van der Waals surface area contributed by atoms with Crippen LogP contribution in [0.25, 0.3) is 0 Å². The fourth-order valence-electron chi connectivity index (χ4n) is 3.52. The number of hydrogen-bond donors (Lipinski definition) is 1. The Morgan fingerprint density at radius 1 is 1.21 bits per heavy atom. The van der Waals surface area contributed by atoms with Crippen molar-refractivity contribution in [3.05, 3.63) is 59.2 Å². The van der Waals surface area contributed by atoms with Crippen molar-refractivity contribution in [2.75, 3.05) is 11.9 Å². The van der Waals surface area contributed by atoms with E-state index in [1.807, 2.05) is 25.1 Å². The molecular formula is C23H26N2O3. The number of hydrogen-bond acceptors (Lipinski definition) is 5. The van der Waals surface area contributed by atoms with Gasteiger partial charge in [-0.2, -0.15) is 5.26 Å². The minimum Gasteiger partial charge on any atom is -0.490 e. The van der Waals surface area contributed by atoms with Gasteiger partial charge in [-0.15, -0.1) is 0 Å². The molecule has 5 heteroatoms. The molecule has 2 aromatic carbocycles. The number of rotatable bonds is 7. The molecule has 1 atom stereocenters. The summed E-state index contributed by atoms with van der Waals surface area (Å²) in [6.45, 7) is 4.10. The summed E-state index contributed by atoms with van der Waals surface area (Å²) in [5.74, 6) is 0.446. The topological polar surface area (TPSA) is 71.3 Å². The van der Waals surface area contributed by atoms with E-state index in [2.05, 4.69) is 11.4 Å². The van der Waals surface area contributed by atoms with Crippen LogP contribution >= 0.6 is 0 Å². The van der Waals surface area contributed by atoms with Gasteiger partial charge < -0.3 is 14.8 Å². The lowest BCUT2D eigenvalue weighted by Gasteiger charge is -2.21. The van der Waals surface area contributed by atoms with Crippen LogP contribution in [0.15, 0.2) is 42.5 Å². The van der Waals surface area contributed by atoms with Gasteiger partial charge in [-0.3, -0.25) is 0 Å². The van der Waals surface area contributed by atoms with Crippen molar-refractivity contribution >= 4 is 11.7 Å². The van der Waals surface area contributed by atoms with Crippen molar-refractivity contribution in [3.63, 3.8) is 0 Å². The van der Waals surface area contributed by atoms with Crippen LogP contribution < -0.4 is 10.1 Å². The summed E-state index contributed by atoms with van der Waals surface area (Å²) in [6, 6.07) is 14.4. The first-order chi connectivity index (χ1) is 13.6. The first-order valence-corrected chi connectivity index (χ1v) is 9.80. The van der Waals surface area contributed by atoms with Crippen molar-refractivity contribution < 1.29 is 14.3 Å². The molecule has 1 saturated carbocycles. The fourth-order valence-corrected chi connectivity index (χ4v) is 3.52. The summed E-state index contributed by atoms with van der Waals surface area (Å²) in [5, 5.41) is 12.2. The summed E-state index contributed by atoms with van der Waals surface area (Å²) in [5.41, 5.74) is 3.15. The number of benzene rings is 2. The zero-order chi connectivity index (χ0) is 19.9. The summed E-state index contributed by atoms with van der Waals surface area (Å²) < 4.78 is 11.4. The van der Waals surface area contributed by atoms with Crippen LogP contribution in [0.1, 0.15) is 55.3 Å². The van der Waals surface area contributed by atoms with Crippen LogP contribution in [-0.2, 0) is 9.53 Å². The van der Waals surface area contributed by atoms with Crippen LogP contribution in [0, 0.1) is 18.3 Å². The van der Waals surface area contributed by atoms with E-state index in [-0.39, 0.29) is 12.1 Å². The Morgan fingerprint density at radius 3 is 2.57 bits per heavy atom. The van der Waals surface area contributed by atoms with Crippen molar-refractivity contribution in [1.29, 1.82) is 5.26 Å². The monoisotopic (exact) mass is 378 g/mol. The molecule has 0 bridgehead atoms. The van der Waals surface area contributed by atoms with Gasteiger partial charge in [0.05, 0.1) is 24.3 Å². The molecule has 146 valence electrons. The van der Waals surface area contributed by atoms with Gasteiger partial charge in [0.15, 0.2) is 6.04 Å². The molecule has 1 aliphatic rings. The van der Waals surface area contributed by atoms with Crippen molar-refractivity contribution in [2.24, 2.45) is 0 Å². The molecule has 1 N–H and O–H groups in total. The van der Waals surface area contributed by atoms with Gasteiger partial charge in [0.25, 0.3) is 0 Å². The second kappa shape index (κ2) is 9.27. The average molecular weight is 378 g/mol. The Bertz CT molecular complexity index is 849. The molecule has 0 radical (unpaired) electrons. The first-order valence-electron chi connectivity index (χ1n) is 9.80. The number of carbonyl (C=O) groups excluding carboxylic acids is 1. The molecule has 3 rings (SSSR count). The molecule has 0 aliphatic heterocycles. The summed E-state index contributed by atoms with van der Waals surface area (Å²) in [4.78, 5) is 12.7. The van der Waals surface area contributed by atoms with Gasteiger partial charge in [-0.05, 0) is 87.1 Å². The van der Waals surface area contributed by atoms with Crippen molar-refractivity contribution in [1.82, 2.24) is 0 Å². The molecule has 1 fully saturated rings. The van der Waals surface area contributed by atoms with Crippen LogP contribution in [0.2, 0.25) is 0 Å². The highest BCUT2D eigenvalue weighted by atomic mass is 16.5. The smallest absolute Gasteiger partial charge is 0.333 e. The van der Waals surface area contributed by atoms with Crippen LogP contribution in [0.5, 0.6) is 5.75 Å². The lowest BCUT2D eigenvalue weighted by molar-refractivity contribution is -0.144. The second-order valence-electron chi connectivity index (χ2n) is 7.12. The predicted molar refractivity (Wildman–Crippen MR) is 108 cm³/mol. The van der Waals surface area contributed by atoms with E-state index in [4.69, 9.17) is 14.7 Å². The van der Waals surface area contributed by atoms with Crippen LogP contribution in [0.3, 0.4) is 0 Å². The minimum absolute atomic E-state index is 0.252. The van der Waals surface area contributed by atoms with Gasteiger partial charge in [0.2, 0.25) is 0 Å². The van der Waals surface area contributed by atoms with Gasteiger partial charge in [0, 0.05) is 5.69 Å². The maximum absolute atomic E-state index is 12.7. The van der Waals surface area contributed by atoms with E-state index in [9.17, 15) is 4.79 Å². The molecular weight excluding hydrogens is 352 g/mol. The fraction of sp³-hybridized carbons (Fsp3) is 0.391. The van der Waals surface area contributed by atoms with Crippen molar-refractivity contribution in [3.8, 4) is 11.8 Å². The Morgan fingerprint density at radius 2 is 1.93 bits per heavy atom. The molecule has 1 unspecified atom stereocenters. The van der Waals surface area contributed by atoms with E-state index in [1.54, 1.807) is 31.2 Å². The molecule has 0 amide bonds. The number of carbonyl (C=O) groups is 1. The maximum atomic E-state index is 12.7. The number of aryl methyl sites for hydroxylation is 1. The van der Waals surface area contributed by atoms with Crippen LogP contribution in [0.4, 0.5) is 5.69 Å². The Hall–Kier alpha value is -3.00.